The molecule has 0 radical (unpaired) electrons. The van der Waals surface area contributed by atoms with Crippen molar-refractivity contribution in [2.24, 2.45) is 0 Å². The van der Waals surface area contributed by atoms with E-state index in [2.05, 4.69) is 10.3 Å². The van der Waals surface area contributed by atoms with Crippen molar-refractivity contribution >= 4 is 11.8 Å². The van der Waals surface area contributed by atoms with Gasteiger partial charge in [-0.1, -0.05) is 6.07 Å². The highest BCUT2D eigenvalue weighted by molar-refractivity contribution is 5.86. The first-order valence-electron chi connectivity index (χ1n) is 7.39. The summed E-state index contributed by atoms with van der Waals surface area (Å²) in [7, 11) is 1.58. The summed E-state index contributed by atoms with van der Waals surface area (Å²) in [4.78, 5) is 16.0. The fourth-order valence-corrected chi connectivity index (χ4v) is 2.14. The number of hydrogen-bond donors (Lipinski definition) is 1. The van der Waals surface area contributed by atoms with Gasteiger partial charge in [-0.25, -0.2) is 9.78 Å². The zero-order valence-electron chi connectivity index (χ0n) is 14.1. The molecule has 2 rings (SSSR count). The van der Waals surface area contributed by atoms with E-state index in [1.165, 1.54) is 0 Å². The molecule has 0 spiro atoms. The predicted molar refractivity (Wildman–Crippen MR) is 90.8 cm³/mol. The van der Waals surface area contributed by atoms with Crippen LogP contribution in [0, 0.1) is 6.92 Å². The predicted octanol–water partition coefficient (Wildman–Crippen LogP) is 4.41. The van der Waals surface area contributed by atoms with Crippen molar-refractivity contribution in [1.29, 1.82) is 0 Å². The minimum absolute atomic E-state index is 0.471. The van der Waals surface area contributed by atoms with E-state index in [0.29, 0.717) is 11.6 Å². The molecule has 0 saturated heterocycles. The Balaban J connectivity index is 2.26. The first-order chi connectivity index (χ1) is 10.8. The summed E-state index contributed by atoms with van der Waals surface area (Å²) in [5.41, 5.74) is 3.12. The molecule has 1 aromatic heterocycles. The molecular weight excluding hydrogens is 292 g/mol. The maximum Gasteiger partial charge on any atom is 0.412 e. The molecule has 2 aromatic rings. The Morgan fingerprint density at radius 1 is 1.13 bits per heavy atom. The van der Waals surface area contributed by atoms with Crippen LogP contribution >= 0.6 is 0 Å². The third kappa shape index (κ3) is 4.98. The molecule has 0 aliphatic carbocycles. The van der Waals surface area contributed by atoms with Crippen molar-refractivity contribution in [3.63, 3.8) is 0 Å². The van der Waals surface area contributed by atoms with Crippen LogP contribution in [0.2, 0.25) is 0 Å². The monoisotopic (exact) mass is 314 g/mol. The zero-order chi connectivity index (χ0) is 17.0. The molecule has 23 heavy (non-hydrogen) atoms. The number of aromatic nitrogens is 1. The highest BCUT2D eigenvalue weighted by Crippen LogP contribution is 2.26. The lowest BCUT2D eigenvalue weighted by molar-refractivity contribution is 0.0636. The van der Waals surface area contributed by atoms with Crippen LogP contribution in [0.15, 0.2) is 36.5 Å². The lowest BCUT2D eigenvalue weighted by Crippen LogP contribution is -2.27. The Morgan fingerprint density at radius 3 is 2.52 bits per heavy atom. The van der Waals surface area contributed by atoms with Gasteiger partial charge >= 0.3 is 6.09 Å². The maximum atomic E-state index is 11.9. The summed E-state index contributed by atoms with van der Waals surface area (Å²) in [5, 5.41) is 2.77. The van der Waals surface area contributed by atoms with E-state index in [-0.39, 0.29) is 0 Å². The molecule has 1 heterocycles. The molecule has 0 unspecified atom stereocenters. The van der Waals surface area contributed by atoms with Gasteiger partial charge in [0.25, 0.3) is 0 Å². The minimum Gasteiger partial charge on any atom is -0.481 e. The second-order valence-electron chi connectivity index (χ2n) is 6.30. The van der Waals surface area contributed by atoms with Gasteiger partial charge in [-0.05, 0) is 62.6 Å². The summed E-state index contributed by atoms with van der Waals surface area (Å²) in [6, 6.07) is 9.58. The Hall–Kier alpha value is -2.56. The van der Waals surface area contributed by atoms with E-state index in [0.717, 1.165) is 16.7 Å². The molecule has 1 N–H and O–H groups in total. The number of methoxy groups -OCH3 is 1. The van der Waals surface area contributed by atoms with Gasteiger partial charge in [-0.3, -0.25) is 5.32 Å². The van der Waals surface area contributed by atoms with Gasteiger partial charge in [0, 0.05) is 18.0 Å². The highest BCUT2D eigenvalue weighted by Gasteiger charge is 2.16. The number of amides is 1. The Kier molecular flexibility index (Phi) is 4.89. The first kappa shape index (κ1) is 16.8. The van der Waals surface area contributed by atoms with Gasteiger partial charge < -0.3 is 9.47 Å². The number of carbonyl (C=O) groups is 1. The molecular formula is C18H22N2O3. The van der Waals surface area contributed by atoms with Gasteiger partial charge in [0.2, 0.25) is 5.88 Å². The van der Waals surface area contributed by atoms with Crippen LogP contribution in [0.25, 0.3) is 11.1 Å². The SMILES string of the molecule is COc1cc(-c2cc(C)cc(NC(=O)OC(C)(C)C)c2)ccn1. The number of pyridine rings is 1. The van der Waals surface area contributed by atoms with Crippen LogP contribution in [0.1, 0.15) is 26.3 Å². The second kappa shape index (κ2) is 6.69. The smallest absolute Gasteiger partial charge is 0.412 e. The van der Waals surface area contributed by atoms with Crippen molar-refractivity contribution < 1.29 is 14.3 Å². The van der Waals surface area contributed by atoms with Gasteiger partial charge in [0.15, 0.2) is 0 Å². The number of rotatable bonds is 3. The summed E-state index contributed by atoms with van der Waals surface area (Å²) in [5.74, 6) is 0.547. The third-order valence-corrected chi connectivity index (χ3v) is 3.00. The number of ether oxygens (including phenoxy) is 2. The number of benzene rings is 1. The summed E-state index contributed by atoms with van der Waals surface area (Å²) >= 11 is 0. The standard InChI is InChI=1S/C18H22N2O3/c1-12-8-14(13-6-7-19-16(11-13)22-5)10-15(9-12)20-17(21)23-18(2,3)4/h6-11H,1-5H3,(H,20,21). The van der Waals surface area contributed by atoms with E-state index in [4.69, 9.17) is 9.47 Å². The number of nitrogens with zero attached hydrogens (tertiary/aromatic N) is 1. The van der Waals surface area contributed by atoms with Crippen LogP contribution in [0.5, 0.6) is 5.88 Å². The van der Waals surface area contributed by atoms with E-state index in [9.17, 15) is 4.79 Å². The average Bonchev–Trinajstić information content (AvgIpc) is 2.44. The van der Waals surface area contributed by atoms with Crippen LogP contribution < -0.4 is 10.1 Å². The molecule has 0 aliphatic rings. The molecule has 0 fully saturated rings. The number of hydrogen-bond acceptors (Lipinski definition) is 4. The molecule has 5 nitrogen and oxygen atoms in total. The first-order valence-corrected chi connectivity index (χ1v) is 7.39. The summed E-state index contributed by atoms with van der Waals surface area (Å²) in [6.45, 7) is 7.47. The van der Waals surface area contributed by atoms with Crippen LogP contribution in [0.3, 0.4) is 0 Å². The topological polar surface area (TPSA) is 60.5 Å². The summed E-state index contributed by atoms with van der Waals surface area (Å²) < 4.78 is 10.4. The van der Waals surface area contributed by atoms with E-state index in [1.54, 1.807) is 13.3 Å². The number of carbonyl (C=O) groups excluding carboxylic acids is 1. The normalized spacial score (nSPS) is 11.0. The van der Waals surface area contributed by atoms with Crippen molar-refractivity contribution in [2.45, 2.75) is 33.3 Å². The highest BCUT2D eigenvalue weighted by atomic mass is 16.6. The van der Waals surface area contributed by atoms with Gasteiger partial charge in [-0.15, -0.1) is 0 Å². The molecule has 1 amide bonds. The lowest BCUT2D eigenvalue weighted by Gasteiger charge is -2.20. The molecule has 122 valence electrons. The maximum absolute atomic E-state index is 11.9. The van der Waals surface area contributed by atoms with Crippen molar-refractivity contribution in [2.75, 3.05) is 12.4 Å². The molecule has 0 bridgehead atoms. The Morgan fingerprint density at radius 2 is 1.87 bits per heavy atom. The fourth-order valence-electron chi connectivity index (χ4n) is 2.14. The van der Waals surface area contributed by atoms with Crippen molar-refractivity contribution in [3.8, 4) is 17.0 Å². The molecule has 1 aromatic carbocycles. The number of anilines is 1. The van der Waals surface area contributed by atoms with Gasteiger partial charge in [-0.2, -0.15) is 0 Å². The lowest BCUT2D eigenvalue weighted by atomic mass is 10.0. The van der Waals surface area contributed by atoms with Crippen molar-refractivity contribution in [3.05, 3.63) is 42.1 Å². The average molecular weight is 314 g/mol. The summed E-state index contributed by atoms with van der Waals surface area (Å²) in [6.07, 6.45) is 1.22. The Labute approximate surface area is 136 Å². The fraction of sp³-hybridized carbons (Fsp3) is 0.333. The quantitative estimate of drug-likeness (QED) is 0.911. The second-order valence-corrected chi connectivity index (χ2v) is 6.30. The van der Waals surface area contributed by atoms with E-state index in [1.807, 2.05) is 58.0 Å². The van der Waals surface area contributed by atoms with Crippen LogP contribution in [-0.4, -0.2) is 23.8 Å². The number of aryl methyl sites for hydroxylation is 1. The Bertz CT molecular complexity index is 706. The van der Waals surface area contributed by atoms with Gasteiger partial charge in [0.1, 0.15) is 5.60 Å². The van der Waals surface area contributed by atoms with Gasteiger partial charge in [0.05, 0.1) is 7.11 Å². The number of nitrogens with one attached hydrogen (secondary N) is 1. The largest absolute Gasteiger partial charge is 0.481 e. The molecule has 5 heteroatoms. The zero-order valence-corrected chi connectivity index (χ0v) is 14.1. The van der Waals surface area contributed by atoms with Crippen molar-refractivity contribution in [1.82, 2.24) is 4.98 Å². The van der Waals surface area contributed by atoms with E-state index >= 15 is 0 Å². The molecule has 0 aliphatic heterocycles. The minimum atomic E-state index is -0.533. The van der Waals surface area contributed by atoms with E-state index < -0.39 is 11.7 Å². The third-order valence-electron chi connectivity index (χ3n) is 3.00. The van der Waals surface area contributed by atoms with Crippen LogP contribution in [0.4, 0.5) is 10.5 Å². The molecule has 0 atom stereocenters. The molecule has 0 saturated carbocycles. The van der Waals surface area contributed by atoms with Crippen LogP contribution in [-0.2, 0) is 4.74 Å².